The number of piperidine rings is 1. The first-order valence-electron chi connectivity index (χ1n) is 9.03. The minimum atomic E-state index is -4.37. The number of hydrogen-bond acceptors (Lipinski definition) is 4. The van der Waals surface area contributed by atoms with Gasteiger partial charge in [-0.15, -0.1) is 0 Å². The molecule has 2 aromatic carbocycles. The SMILES string of the molecule is N#CC1CCCN(c2ncnc3cccc(-c4ccc(C(F)(F)F)cc4)c23)C1. The molecular formula is C21H17F3N4. The van der Waals surface area contributed by atoms with Crippen LogP contribution in [-0.4, -0.2) is 23.1 Å². The Hall–Kier alpha value is -3.14. The van der Waals surface area contributed by atoms with E-state index in [1.54, 1.807) is 0 Å². The van der Waals surface area contributed by atoms with E-state index in [2.05, 4.69) is 20.9 Å². The highest BCUT2D eigenvalue weighted by Gasteiger charge is 2.30. The van der Waals surface area contributed by atoms with E-state index in [1.807, 2.05) is 18.2 Å². The minimum Gasteiger partial charge on any atom is -0.355 e. The molecule has 4 nitrogen and oxygen atoms in total. The lowest BCUT2D eigenvalue weighted by atomic mass is 9.97. The van der Waals surface area contributed by atoms with Gasteiger partial charge in [0.2, 0.25) is 0 Å². The van der Waals surface area contributed by atoms with Crippen molar-refractivity contribution in [1.82, 2.24) is 9.97 Å². The van der Waals surface area contributed by atoms with Gasteiger partial charge in [-0.1, -0.05) is 24.3 Å². The van der Waals surface area contributed by atoms with Gasteiger partial charge in [-0.05, 0) is 42.2 Å². The van der Waals surface area contributed by atoms with Crippen molar-refractivity contribution < 1.29 is 13.2 Å². The molecule has 0 bridgehead atoms. The average molecular weight is 382 g/mol. The summed E-state index contributed by atoms with van der Waals surface area (Å²) >= 11 is 0. The van der Waals surface area contributed by atoms with Crippen molar-refractivity contribution in [3.63, 3.8) is 0 Å². The van der Waals surface area contributed by atoms with Crippen LogP contribution in [0.25, 0.3) is 22.0 Å². The van der Waals surface area contributed by atoms with E-state index in [0.29, 0.717) is 12.1 Å². The zero-order valence-electron chi connectivity index (χ0n) is 14.9. The molecule has 28 heavy (non-hydrogen) atoms. The number of nitriles is 1. The second kappa shape index (κ2) is 7.12. The molecule has 4 rings (SSSR count). The van der Waals surface area contributed by atoms with Gasteiger partial charge in [0, 0.05) is 13.1 Å². The zero-order valence-corrected chi connectivity index (χ0v) is 14.9. The maximum absolute atomic E-state index is 12.9. The largest absolute Gasteiger partial charge is 0.416 e. The maximum atomic E-state index is 12.9. The topological polar surface area (TPSA) is 52.8 Å². The lowest BCUT2D eigenvalue weighted by Crippen LogP contribution is -2.35. The Labute approximate surface area is 160 Å². The Morgan fingerprint density at radius 2 is 1.86 bits per heavy atom. The van der Waals surface area contributed by atoms with E-state index < -0.39 is 11.7 Å². The van der Waals surface area contributed by atoms with Crippen LogP contribution >= 0.6 is 0 Å². The van der Waals surface area contributed by atoms with Crippen LogP contribution in [0.3, 0.4) is 0 Å². The van der Waals surface area contributed by atoms with Gasteiger partial charge in [0.15, 0.2) is 0 Å². The molecule has 142 valence electrons. The molecule has 0 saturated carbocycles. The summed E-state index contributed by atoms with van der Waals surface area (Å²) in [5.74, 6) is 0.664. The van der Waals surface area contributed by atoms with Crippen molar-refractivity contribution in [3.05, 3.63) is 54.4 Å². The third kappa shape index (κ3) is 3.38. The Morgan fingerprint density at radius 3 is 2.57 bits per heavy atom. The standard InChI is InChI=1S/C21H17F3N4/c22-21(23,24)16-8-6-15(7-9-16)17-4-1-5-18-19(17)20(27-13-26-18)28-10-2-3-14(11-25)12-28/h1,4-9,13-14H,2-3,10,12H2. The molecule has 1 atom stereocenters. The molecule has 0 spiro atoms. The molecule has 3 aromatic rings. The van der Waals surface area contributed by atoms with Crippen molar-refractivity contribution in [3.8, 4) is 17.2 Å². The monoisotopic (exact) mass is 382 g/mol. The van der Waals surface area contributed by atoms with Crippen LogP contribution in [0.1, 0.15) is 18.4 Å². The highest BCUT2D eigenvalue weighted by atomic mass is 19.4. The van der Waals surface area contributed by atoms with Crippen molar-refractivity contribution in [2.45, 2.75) is 19.0 Å². The number of fused-ring (bicyclic) bond motifs is 1. The van der Waals surface area contributed by atoms with Crippen LogP contribution in [0, 0.1) is 17.2 Å². The maximum Gasteiger partial charge on any atom is 0.416 e. The first-order valence-corrected chi connectivity index (χ1v) is 9.03. The second-order valence-electron chi connectivity index (χ2n) is 6.89. The Morgan fingerprint density at radius 1 is 1.07 bits per heavy atom. The van der Waals surface area contributed by atoms with Gasteiger partial charge >= 0.3 is 6.18 Å². The molecule has 1 aliphatic heterocycles. The van der Waals surface area contributed by atoms with Crippen LogP contribution in [0.2, 0.25) is 0 Å². The quantitative estimate of drug-likeness (QED) is 0.622. The van der Waals surface area contributed by atoms with Gasteiger partial charge in [0.1, 0.15) is 12.1 Å². The predicted octanol–water partition coefficient (Wildman–Crippen LogP) is 5.06. The number of alkyl halides is 3. The molecule has 0 aliphatic carbocycles. The molecule has 1 aliphatic rings. The fourth-order valence-electron chi connectivity index (χ4n) is 3.69. The first kappa shape index (κ1) is 18.2. The molecule has 7 heteroatoms. The number of rotatable bonds is 2. The van der Waals surface area contributed by atoms with Gasteiger partial charge in [-0.3, -0.25) is 0 Å². The second-order valence-corrected chi connectivity index (χ2v) is 6.89. The number of halogens is 3. The number of benzene rings is 2. The highest BCUT2D eigenvalue weighted by Crippen LogP contribution is 2.36. The third-order valence-corrected chi connectivity index (χ3v) is 5.07. The number of hydrogen-bond donors (Lipinski definition) is 0. The van der Waals surface area contributed by atoms with E-state index >= 15 is 0 Å². The first-order chi connectivity index (χ1) is 13.5. The van der Waals surface area contributed by atoms with Crippen molar-refractivity contribution in [1.29, 1.82) is 5.26 Å². The van der Waals surface area contributed by atoms with E-state index in [9.17, 15) is 18.4 Å². The molecule has 1 aromatic heterocycles. The van der Waals surface area contributed by atoms with Crippen LogP contribution < -0.4 is 4.90 Å². The fourth-order valence-corrected chi connectivity index (χ4v) is 3.69. The molecule has 2 heterocycles. The Kier molecular flexibility index (Phi) is 4.63. The normalized spacial score (nSPS) is 17.5. The molecule has 1 fully saturated rings. The summed E-state index contributed by atoms with van der Waals surface area (Å²) in [4.78, 5) is 10.9. The van der Waals surface area contributed by atoms with E-state index in [0.717, 1.165) is 53.8 Å². The Bertz CT molecular complexity index is 1030. The minimum absolute atomic E-state index is 0.0583. The number of anilines is 1. The summed E-state index contributed by atoms with van der Waals surface area (Å²) < 4.78 is 38.7. The van der Waals surface area contributed by atoms with E-state index in [1.165, 1.54) is 18.5 Å². The lowest BCUT2D eigenvalue weighted by molar-refractivity contribution is -0.137. The summed E-state index contributed by atoms with van der Waals surface area (Å²) in [6.07, 6.45) is -1.12. The summed E-state index contributed by atoms with van der Waals surface area (Å²) in [6.45, 7) is 1.37. The molecule has 1 unspecified atom stereocenters. The molecule has 1 saturated heterocycles. The summed E-state index contributed by atoms with van der Waals surface area (Å²) in [6, 6.07) is 13.0. The fraction of sp³-hybridized carbons (Fsp3) is 0.286. The van der Waals surface area contributed by atoms with Gasteiger partial charge in [-0.2, -0.15) is 18.4 Å². The van der Waals surface area contributed by atoms with Crippen molar-refractivity contribution >= 4 is 16.7 Å². The van der Waals surface area contributed by atoms with Crippen LogP contribution in [0.5, 0.6) is 0 Å². The summed E-state index contributed by atoms with van der Waals surface area (Å²) in [5, 5.41) is 10.1. The zero-order chi connectivity index (χ0) is 19.7. The van der Waals surface area contributed by atoms with Crippen LogP contribution in [0.15, 0.2) is 48.8 Å². The number of aromatic nitrogens is 2. The van der Waals surface area contributed by atoms with Crippen molar-refractivity contribution in [2.24, 2.45) is 5.92 Å². The highest BCUT2D eigenvalue weighted by molar-refractivity contribution is 6.02. The summed E-state index contributed by atoms with van der Waals surface area (Å²) in [7, 11) is 0. The smallest absolute Gasteiger partial charge is 0.355 e. The van der Waals surface area contributed by atoms with Crippen LogP contribution in [-0.2, 0) is 6.18 Å². The molecule has 0 radical (unpaired) electrons. The van der Waals surface area contributed by atoms with E-state index in [4.69, 9.17) is 0 Å². The summed E-state index contributed by atoms with van der Waals surface area (Å²) in [5.41, 5.74) is 1.49. The third-order valence-electron chi connectivity index (χ3n) is 5.07. The van der Waals surface area contributed by atoms with Crippen LogP contribution in [0.4, 0.5) is 19.0 Å². The number of nitrogens with zero attached hydrogens (tertiary/aromatic N) is 4. The van der Waals surface area contributed by atoms with E-state index in [-0.39, 0.29) is 5.92 Å². The molecule has 0 amide bonds. The average Bonchev–Trinajstić information content (AvgIpc) is 2.72. The predicted molar refractivity (Wildman–Crippen MR) is 101 cm³/mol. The van der Waals surface area contributed by atoms with Gasteiger partial charge < -0.3 is 4.90 Å². The van der Waals surface area contributed by atoms with Gasteiger partial charge in [-0.25, -0.2) is 9.97 Å². The van der Waals surface area contributed by atoms with Gasteiger partial charge in [0.25, 0.3) is 0 Å². The van der Waals surface area contributed by atoms with Gasteiger partial charge in [0.05, 0.1) is 28.5 Å². The lowest BCUT2D eigenvalue weighted by Gasteiger charge is -2.31. The Balaban J connectivity index is 1.83. The van der Waals surface area contributed by atoms with Crippen molar-refractivity contribution in [2.75, 3.05) is 18.0 Å². The molecule has 0 N–H and O–H groups in total. The molecular weight excluding hydrogens is 365 g/mol.